The van der Waals surface area contributed by atoms with E-state index in [4.69, 9.17) is 27.9 Å². The smallest absolute Gasteiger partial charge is 0.188 e. The Hall–Kier alpha value is -1.37. The predicted molar refractivity (Wildman–Crippen MR) is 79.6 cm³/mol. The summed E-state index contributed by atoms with van der Waals surface area (Å²) in [6.45, 7) is 2.47. The molecule has 3 rings (SSSR count). The molecule has 0 saturated carbocycles. The summed E-state index contributed by atoms with van der Waals surface area (Å²) in [5.74, 6) is 1.47. The van der Waals surface area contributed by atoms with E-state index in [1.807, 2.05) is 6.07 Å². The molecule has 2 heterocycles. The van der Waals surface area contributed by atoms with Gasteiger partial charge in [-0.25, -0.2) is 0 Å². The van der Waals surface area contributed by atoms with Gasteiger partial charge in [0.05, 0.1) is 23.6 Å². The fourth-order valence-corrected chi connectivity index (χ4v) is 2.65. The molecule has 8 heteroatoms. The largest absolute Gasteiger partial charge is 0.489 e. The van der Waals surface area contributed by atoms with Crippen LogP contribution in [0.25, 0.3) is 0 Å². The number of aryl methyl sites for hydroxylation is 1. The first-order valence-electron chi connectivity index (χ1n) is 6.67. The minimum Gasteiger partial charge on any atom is -0.489 e. The lowest BCUT2D eigenvalue weighted by Gasteiger charge is -2.15. The van der Waals surface area contributed by atoms with Crippen molar-refractivity contribution in [1.29, 1.82) is 0 Å². The predicted octanol–water partition coefficient (Wildman–Crippen LogP) is 2.17. The third-order valence-corrected chi connectivity index (χ3v) is 4.08. The highest BCUT2D eigenvalue weighted by atomic mass is 35.5. The van der Waals surface area contributed by atoms with Crippen LogP contribution in [0.4, 0.5) is 0 Å². The number of benzene rings is 1. The molecule has 1 aliphatic heterocycles. The zero-order chi connectivity index (χ0) is 14.8. The highest BCUT2D eigenvalue weighted by Gasteiger charge is 2.25. The van der Waals surface area contributed by atoms with Crippen LogP contribution in [-0.4, -0.2) is 44.3 Å². The van der Waals surface area contributed by atoms with Crippen molar-refractivity contribution in [3.05, 3.63) is 34.1 Å². The average Bonchev–Trinajstić information content (AvgIpc) is 3.04. The van der Waals surface area contributed by atoms with E-state index < -0.39 is 0 Å². The van der Waals surface area contributed by atoms with Crippen LogP contribution < -0.4 is 4.74 Å². The van der Waals surface area contributed by atoms with Crippen LogP contribution in [0.1, 0.15) is 12.2 Å². The van der Waals surface area contributed by atoms with Gasteiger partial charge in [0.1, 0.15) is 11.9 Å². The summed E-state index contributed by atoms with van der Waals surface area (Å²) in [6.07, 6.45) is 1.10. The second-order valence-electron chi connectivity index (χ2n) is 5.03. The first kappa shape index (κ1) is 14.6. The Kier molecular flexibility index (Phi) is 4.28. The van der Waals surface area contributed by atoms with Gasteiger partial charge in [-0.1, -0.05) is 23.2 Å². The van der Waals surface area contributed by atoms with Crippen molar-refractivity contribution < 1.29 is 4.74 Å². The Bertz CT molecular complexity index is 633. The lowest BCUT2D eigenvalue weighted by molar-refractivity contribution is 0.197. The first-order chi connectivity index (χ1) is 10.1. The third kappa shape index (κ3) is 3.64. The van der Waals surface area contributed by atoms with Crippen LogP contribution in [0.15, 0.2) is 18.2 Å². The topological polar surface area (TPSA) is 56.1 Å². The molecule has 0 aliphatic carbocycles. The number of rotatable bonds is 4. The molecule has 21 heavy (non-hydrogen) atoms. The summed E-state index contributed by atoms with van der Waals surface area (Å²) >= 11 is 11.9. The van der Waals surface area contributed by atoms with E-state index in [-0.39, 0.29) is 6.10 Å². The second-order valence-corrected chi connectivity index (χ2v) is 5.85. The maximum atomic E-state index is 5.99. The zero-order valence-corrected chi connectivity index (χ0v) is 13.0. The first-order valence-corrected chi connectivity index (χ1v) is 7.42. The van der Waals surface area contributed by atoms with Gasteiger partial charge in [0.2, 0.25) is 0 Å². The normalized spacial score (nSPS) is 19.1. The van der Waals surface area contributed by atoms with Gasteiger partial charge in [-0.3, -0.25) is 4.90 Å². The molecular formula is C13H15Cl2N5O. The number of halogens is 2. The molecule has 0 bridgehead atoms. The quantitative estimate of drug-likeness (QED) is 0.861. The number of aromatic nitrogens is 4. The molecule has 1 unspecified atom stereocenters. The molecule has 0 radical (unpaired) electrons. The van der Waals surface area contributed by atoms with E-state index in [1.165, 1.54) is 4.80 Å². The molecule has 1 saturated heterocycles. The van der Waals surface area contributed by atoms with Crippen molar-refractivity contribution in [3.8, 4) is 5.75 Å². The monoisotopic (exact) mass is 327 g/mol. The van der Waals surface area contributed by atoms with Gasteiger partial charge in [-0.15, -0.1) is 10.2 Å². The van der Waals surface area contributed by atoms with Gasteiger partial charge in [-0.2, -0.15) is 4.80 Å². The molecule has 2 aromatic rings. The minimum absolute atomic E-state index is 0.138. The maximum absolute atomic E-state index is 5.99. The second kappa shape index (κ2) is 6.17. The standard InChI is InChI=1S/C13H15Cl2N5O/c1-19-17-13(16-18-19)8-20-5-4-10(7-20)21-9-2-3-11(14)12(15)6-9/h2-3,6,10H,4-5,7-8H2,1H3. The molecular weight excluding hydrogens is 313 g/mol. The van der Waals surface area contributed by atoms with Crippen molar-refractivity contribution in [2.24, 2.45) is 7.05 Å². The van der Waals surface area contributed by atoms with Gasteiger partial charge in [0, 0.05) is 19.2 Å². The number of ether oxygens (including phenoxy) is 1. The molecule has 6 nitrogen and oxygen atoms in total. The molecule has 0 spiro atoms. The molecule has 0 N–H and O–H groups in total. The Balaban J connectivity index is 1.55. The molecule has 1 aliphatic rings. The zero-order valence-electron chi connectivity index (χ0n) is 11.5. The van der Waals surface area contributed by atoms with Gasteiger partial charge >= 0.3 is 0 Å². The van der Waals surface area contributed by atoms with Gasteiger partial charge in [0.15, 0.2) is 5.82 Å². The van der Waals surface area contributed by atoms with Gasteiger partial charge < -0.3 is 4.74 Å². The highest BCUT2D eigenvalue weighted by molar-refractivity contribution is 6.42. The van der Waals surface area contributed by atoms with E-state index >= 15 is 0 Å². The number of likely N-dealkylation sites (tertiary alicyclic amines) is 1. The van der Waals surface area contributed by atoms with Crippen molar-refractivity contribution >= 4 is 23.2 Å². The summed E-state index contributed by atoms with van der Waals surface area (Å²) < 4.78 is 5.94. The van der Waals surface area contributed by atoms with Crippen LogP contribution in [0, 0.1) is 0 Å². The van der Waals surface area contributed by atoms with Crippen LogP contribution in [-0.2, 0) is 13.6 Å². The SMILES string of the molecule is Cn1nnc(CN2CCC(Oc3ccc(Cl)c(Cl)c3)C2)n1. The van der Waals surface area contributed by atoms with E-state index in [2.05, 4.69) is 20.3 Å². The number of hydrogen-bond donors (Lipinski definition) is 0. The van der Waals surface area contributed by atoms with E-state index in [9.17, 15) is 0 Å². The average molecular weight is 328 g/mol. The molecule has 1 atom stereocenters. The van der Waals surface area contributed by atoms with Gasteiger partial charge in [0.25, 0.3) is 0 Å². The van der Waals surface area contributed by atoms with Crippen molar-refractivity contribution in [2.75, 3.05) is 13.1 Å². The summed E-state index contributed by atoms with van der Waals surface area (Å²) in [5.41, 5.74) is 0. The Morgan fingerprint density at radius 2 is 2.19 bits per heavy atom. The van der Waals surface area contributed by atoms with E-state index in [1.54, 1.807) is 19.2 Å². The van der Waals surface area contributed by atoms with Gasteiger partial charge in [-0.05, 0) is 23.8 Å². The Labute approximate surface area is 132 Å². The fraction of sp³-hybridized carbons (Fsp3) is 0.462. The molecule has 0 amide bonds. The number of hydrogen-bond acceptors (Lipinski definition) is 5. The summed E-state index contributed by atoms with van der Waals surface area (Å²) in [4.78, 5) is 3.72. The summed E-state index contributed by atoms with van der Waals surface area (Å²) in [6, 6.07) is 5.33. The van der Waals surface area contributed by atoms with Crippen LogP contribution >= 0.6 is 23.2 Å². The summed E-state index contributed by atoms with van der Waals surface area (Å²) in [7, 11) is 1.76. The number of nitrogens with zero attached hydrogens (tertiary/aromatic N) is 5. The maximum Gasteiger partial charge on any atom is 0.188 e. The van der Waals surface area contributed by atoms with Crippen molar-refractivity contribution in [3.63, 3.8) is 0 Å². The number of tetrazole rings is 1. The Morgan fingerprint density at radius 3 is 2.90 bits per heavy atom. The highest BCUT2D eigenvalue weighted by Crippen LogP contribution is 2.28. The summed E-state index contributed by atoms with van der Waals surface area (Å²) in [5, 5.41) is 13.1. The van der Waals surface area contributed by atoms with Crippen molar-refractivity contribution in [1.82, 2.24) is 25.1 Å². The van der Waals surface area contributed by atoms with E-state index in [0.29, 0.717) is 16.6 Å². The minimum atomic E-state index is 0.138. The van der Waals surface area contributed by atoms with Crippen LogP contribution in [0.5, 0.6) is 5.75 Å². The third-order valence-electron chi connectivity index (χ3n) is 3.34. The lowest BCUT2D eigenvalue weighted by atomic mass is 10.3. The van der Waals surface area contributed by atoms with E-state index in [0.717, 1.165) is 31.1 Å². The van der Waals surface area contributed by atoms with Crippen molar-refractivity contribution in [2.45, 2.75) is 19.1 Å². The Morgan fingerprint density at radius 1 is 1.33 bits per heavy atom. The molecule has 1 aromatic carbocycles. The molecule has 1 fully saturated rings. The molecule has 112 valence electrons. The van der Waals surface area contributed by atoms with Crippen LogP contribution in [0.2, 0.25) is 10.0 Å². The van der Waals surface area contributed by atoms with Crippen LogP contribution in [0.3, 0.4) is 0 Å². The molecule has 1 aromatic heterocycles. The lowest BCUT2D eigenvalue weighted by Crippen LogP contribution is -2.25. The fourth-order valence-electron chi connectivity index (χ4n) is 2.37.